The van der Waals surface area contributed by atoms with Crippen LogP contribution in [-0.2, 0) is 20.1 Å². The quantitative estimate of drug-likeness (QED) is 0.820. The van der Waals surface area contributed by atoms with Gasteiger partial charge >= 0.3 is 5.69 Å². The van der Waals surface area contributed by atoms with E-state index in [0.717, 1.165) is 18.4 Å². The first-order chi connectivity index (χ1) is 8.61. The normalized spacial score (nSPS) is 11.3. The molecule has 0 aliphatic carbocycles. The smallest absolute Gasteiger partial charge is 0.331 e. The second-order valence-corrected chi connectivity index (χ2v) is 4.55. The van der Waals surface area contributed by atoms with Gasteiger partial charge in [-0.3, -0.25) is 13.9 Å². The van der Waals surface area contributed by atoms with Crippen LogP contribution in [0.4, 0.5) is 0 Å². The van der Waals surface area contributed by atoms with E-state index in [1.807, 2.05) is 33.2 Å². The zero-order chi connectivity index (χ0) is 13.3. The zero-order valence-electron chi connectivity index (χ0n) is 11.1. The highest BCUT2D eigenvalue weighted by molar-refractivity contribution is 5.75. The SMILES string of the molecule is CCCn1c(=O)c2c(ccn2C)n(CCC)c1=O. The Bertz CT molecular complexity index is 676. The van der Waals surface area contributed by atoms with Gasteiger partial charge in [0.05, 0.1) is 5.52 Å². The highest BCUT2D eigenvalue weighted by atomic mass is 16.2. The molecule has 2 aromatic heterocycles. The number of aryl methyl sites for hydroxylation is 2. The van der Waals surface area contributed by atoms with E-state index in [0.29, 0.717) is 18.6 Å². The molecule has 0 saturated carbocycles. The summed E-state index contributed by atoms with van der Waals surface area (Å²) in [4.78, 5) is 24.6. The molecule has 0 aliphatic rings. The van der Waals surface area contributed by atoms with Crippen LogP contribution >= 0.6 is 0 Å². The molecule has 0 atom stereocenters. The Morgan fingerprint density at radius 2 is 1.67 bits per heavy atom. The van der Waals surface area contributed by atoms with Gasteiger partial charge in [0, 0.05) is 26.3 Å². The molecule has 0 N–H and O–H groups in total. The Labute approximate surface area is 105 Å². The average Bonchev–Trinajstić information content (AvgIpc) is 2.72. The van der Waals surface area contributed by atoms with Crippen LogP contribution in [0.25, 0.3) is 11.0 Å². The fourth-order valence-electron chi connectivity index (χ4n) is 2.32. The van der Waals surface area contributed by atoms with Gasteiger partial charge in [-0.05, 0) is 18.9 Å². The summed E-state index contributed by atoms with van der Waals surface area (Å²) in [6.45, 7) is 5.10. The van der Waals surface area contributed by atoms with E-state index in [1.165, 1.54) is 4.57 Å². The van der Waals surface area contributed by atoms with E-state index in [1.54, 1.807) is 9.13 Å². The molecule has 5 nitrogen and oxygen atoms in total. The van der Waals surface area contributed by atoms with Gasteiger partial charge in [-0.15, -0.1) is 0 Å². The summed E-state index contributed by atoms with van der Waals surface area (Å²) in [5.41, 5.74) is 0.970. The van der Waals surface area contributed by atoms with Gasteiger partial charge < -0.3 is 4.57 Å². The standard InChI is InChI=1S/C13H19N3O2/c1-4-7-15-10-6-9-14(3)11(10)12(17)16(8-5-2)13(15)18/h6,9H,4-5,7-8H2,1-3H3. The molecule has 0 fully saturated rings. The topological polar surface area (TPSA) is 48.9 Å². The molecule has 0 bridgehead atoms. The number of aromatic nitrogens is 3. The van der Waals surface area contributed by atoms with Gasteiger partial charge in [-0.25, -0.2) is 4.79 Å². The van der Waals surface area contributed by atoms with Crippen molar-refractivity contribution in [3.05, 3.63) is 33.1 Å². The number of fused-ring (bicyclic) bond motifs is 1. The molecule has 0 radical (unpaired) electrons. The van der Waals surface area contributed by atoms with E-state index in [-0.39, 0.29) is 11.2 Å². The minimum absolute atomic E-state index is 0.184. The molecule has 0 aliphatic heterocycles. The fourth-order valence-corrected chi connectivity index (χ4v) is 2.32. The Morgan fingerprint density at radius 1 is 1.06 bits per heavy atom. The van der Waals surface area contributed by atoms with Crippen molar-refractivity contribution in [1.29, 1.82) is 0 Å². The molecule has 2 rings (SSSR count). The molecule has 0 spiro atoms. The van der Waals surface area contributed by atoms with Crippen LogP contribution in [0.3, 0.4) is 0 Å². The number of hydrogen-bond acceptors (Lipinski definition) is 2. The summed E-state index contributed by atoms with van der Waals surface area (Å²) in [5, 5.41) is 0. The van der Waals surface area contributed by atoms with Crippen molar-refractivity contribution in [2.45, 2.75) is 39.8 Å². The first-order valence-electron chi connectivity index (χ1n) is 6.40. The summed E-state index contributed by atoms with van der Waals surface area (Å²) in [5.74, 6) is 0. The monoisotopic (exact) mass is 249 g/mol. The molecular formula is C13H19N3O2. The molecule has 98 valence electrons. The van der Waals surface area contributed by atoms with Gasteiger partial charge in [-0.2, -0.15) is 0 Å². The van der Waals surface area contributed by atoms with Gasteiger partial charge in [0.15, 0.2) is 0 Å². The van der Waals surface area contributed by atoms with E-state index in [4.69, 9.17) is 0 Å². The second-order valence-electron chi connectivity index (χ2n) is 4.55. The van der Waals surface area contributed by atoms with Crippen LogP contribution in [0.5, 0.6) is 0 Å². The minimum atomic E-state index is -0.192. The van der Waals surface area contributed by atoms with Gasteiger partial charge in [-0.1, -0.05) is 13.8 Å². The van der Waals surface area contributed by atoms with Crippen LogP contribution in [0.15, 0.2) is 21.9 Å². The molecule has 0 unspecified atom stereocenters. The van der Waals surface area contributed by atoms with Crippen LogP contribution in [0, 0.1) is 0 Å². The summed E-state index contributed by atoms with van der Waals surface area (Å²) >= 11 is 0. The fraction of sp³-hybridized carbons (Fsp3) is 0.538. The highest BCUT2D eigenvalue weighted by Gasteiger charge is 2.14. The van der Waals surface area contributed by atoms with Crippen LogP contribution in [0.1, 0.15) is 26.7 Å². The van der Waals surface area contributed by atoms with Crippen molar-refractivity contribution >= 4 is 11.0 Å². The van der Waals surface area contributed by atoms with Crippen molar-refractivity contribution in [2.24, 2.45) is 7.05 Å². The van der Waals surface area contributed by atoms with Crippen LogP contribution in [-0.4, -0.2) is 13.7 Å². The van der Waals surface area contributed by atoms with Gasteiger partial charge in [0.1, 0.15) is 5.52 Å². The summed E-state index contributed by atoms with van der Waals surface area (Å²) in [6.07, 6.45) is 3.47. The molecule has 0 saturated heterocycles. The first kappa shape index (κ1) is 12.7. The average molecular weight is 249 g/mol. The largest absolute Gasteiger partial charge is 0.345 e. The molecule has 5 heteroatoms. The molecule has 2 heterocycles. The predicted molar refractivity (Wildman–Crippen MR) is 72.0 cm³/mol. The van der Waals surface area contributed by atoms with Gasteiger partial charge in [0.2, 0.25) is 0 Å². The molecule has 18 heavy (non-hydrogen) atoms. The van der Waals surface area contributed by atoms with Crippen molar-refractivity contribution in [3.63, 3.8) is 0 Å². The lowest BCUT2D eigenvalue weighted by Gasteiger charge is -2.11. The predicted octanol–water partition coefficient (Wildman–Crippen LogP) is 1.32. The van der Waals surface area contributed by atoms with Crippen LogP contribution < -0.4 is 11.2 Å². The minimum Gasteiger partial charge on any atom is -0.345 e. The lowest BCUT2D eigenvalue weighted by atomic mass is 10.3. The summed E-state index contributed by atoms with van der Waals surface area (Å²) in [6, 6.07) is 1.84. The molecule has 0 aromatic carbocycles. The zero-order valence-corrected chi connectivity index (χ0v) is 11.1. The lowest BCUT2D eigenvalue weighted by Crippen LogP contribution is -2.40. The van der Waals surface area contributed by atoms with Crippen molar-refractivity contribution in [1.82, 2.24) is 13.7 Å². The van der Waals surface area contributed by atoms with E-state index in [9.17, 15) is 9.59 Å². The third-order valence-corrected chi connectivity index (χ3v) is 3.15. The van der Waals surface area contributed by atoms with Crippen molar-refractivity contribution in [3.8, 4) is 0 Å². The first-order valence-corrected chi connectivity index (χ1v) is 6.40. The second kappa shape index (κ2) is 4.84. The van der Waals surface area contributed by atoms with Gasteiger partial charge in [0.25, 0.3) is 5.56 Å². The van der Waals surface area contributed by atoms with E-state index >= 15 is 0 Å². The maximum absolute atomic E-state index is 12.3. The third-order valence-electron chi connectivity index (χ3n) is 3.15. The van der Waals surface area contributed by atoms with E-state index < -0.39 is 0 Å². The number of rotatable bonds is 4. The Balaban J connectivity index is 2.89. The maximum atomic E-state index is 12.3. The Kier molecular flexibility index (Phi) is 3.41. The molecular weight excluding hydrogens is 230 g/mol. The summed E-state index contributed by atoms with van der Waals surface area (Å²) in [7, 11) is 1.83. The Hall–Kier alpha value is -1.78. The third kappa shape index (κ3) is 1.79. The molecule has 0 amide bonds. The van der Waals surface area contributed by atoms with Crippen molar-refractivity contribution in [2.75, 3.05) is 0 Å². The Morgan fingerprint density at radius 3 is 2.28 bits per heavy atom. The molecule has 2 aromatic rings. The lowest BCUT2D eigenvalue weighted by molar-refractivity contribution is 0.556. The number of nitrogens with zero attached hydrogens (tertiary/aromatic N) is 3. The van der Waals surface area contributed by atoms with Crippen molar-refractivity contribution < 1.29 is 0 Å². The van der Waals surface area contributed by atoms with E-state index in [2.05, 4.69) is 0 Å². The summed E-state index contributed by atoms with van der Waals surface area (Å²) < 4.78 is 4.83. The number of hydrogen-bond donors (Lipinski definition) is 0. The maximum Gasteiger partial charge on any atom is 0.331 e. The highest BCUT2D eigenvalue weighted by Crippen LogP contribution is 2.09. The van der Waals surface area contributed by atoms with Crippen LogP contribution in [0.2, 0.25) is 0 Å².